The molecule has 5 nitrogen and oxygen atoms in total. The van der Waals surface area contributed by atoms with Crippen LogP contribution in [0.2, 0.25) is 0 Å². The van der Waals surface area contributed by atoms with Gasteiger partial charge in [-0.3, -0.25) is 4.79 Å². The number of nitrogens with one attached hydrogen (secondary N) is 1. The van der Waals surface area contributed by atoms with Crippen LogP contribution in [0.3, 0.4) is 0 Å². The summed E-state index contributed by atoms with van der Waals surface area (Å²) >= 11 is 3.48. The molecule has 1 aromatic rings. The SMILES string of the molecule is CNCC1CCCN(C(=O)c2cc(Br)c3c(c2)OCCO3)C1. The fourth-order valence-electron chi connectivity index (χ4n) is 3.12. The van der Waals surface area contributed by atoms with Gasteiger partial charge in [-0.25, -0.2) is 0 Å². The van der Waals surface area contributed by atoms with E-state index in [9.17, 15) is 4.79 Å². The van der Waals surface area contributed by atoms with Crippen LogP contribution in [0.4, 0.5) is 0 Å². The zero-order chi connectivity index (χ0) is 15.5. The van der Waals surface area contributed by atoms with Gasteiger partial charge in [0, 0.05) is 18.7 Å². The third kappa shape index (κ3) is 3.22. The first kappa shape index (κ1) is 15.6. The number of nitrogens with zero attached hydrogens (tertiary/aromatic N) is 1. The molecule has 0 aliphatic carbocycles. The quantitative estimate of drug-likeness (QED) is 0.889. The van der Waals surface area contributed by atoms with Crippen molar-refractivity contribution in [3.63, 3.8) is 0 Å². The Morgan fingerprint density at radius 2 is 2.23 bits per heavy atom. The highest BCUT2D eigenvalue weighted by Gasteiger charge is 2.26. The number of halogens is 1. The highest BCUT2D eigenvalue weighted by atomic mass is 79.9. The van der Waals surface area contributed by atoms with Crippen LogP contribution >= 0.6 is 15.9 Å². The van der Waals surface area contributed by atoms with Gasteiger partial charge in [0.25, 0.3) is 5.91 Å². The van der Waals surface area contributed by atoms with E-state index in [2.05, 4.69) is 21.2 Å². The maximum absolute atomic E-state index is 12.8. The van der Waals surface area contributed by atoms with Crippen LogP contribution in [0, 0.1) is 5.92 Å². The van der Waals surface area contributed by atoms with E-state index in [0.29, 0.717) is 36.2 Å². The van der Waals surface area contributed by atoms with Crippen molar-refractivity contribution in [2.45, 2.75) is 12.8 Å². The van der Waals surface area contributed by atoms with E-state index in [-0.39, 0.29) is 5.91 Å². The molecule has 0 spiro atoms. The Balaban J connectivity index is 1.78. The maximum Gasteiger partial charge on any atom is 0.254 e. The van der Waals surface area contributed by atoms with Gasteiger partial charge in [0.2, 0.25) is 0 Å². The predicted molar refractivity (Wildman–Crippen MR) is 87.7 cm³/mol. The van der Waals surface area contributed by atoms with Crippen LogP contribution in [0.15, 0.2) is 16.6 Å². The molecule has 22 heavy (non-hydrogen) atoms. The van der Waals surface area contributed by atoms with E-state index in [1.54, 1.807) is 6.07 Å². The van der Waals surface area contributed by atoms with Crippen LogP contribution in [0.5, 0.6) is 11.5 Å². The van der Waals surface area contributed by atoms with Crippen molar-refractivity contribution in [2.24, 2.45) is 5.92 Å². The highest BCUT2D eigenvalue weighted by molar-refractivity contribution is 9.10. The van der Waals surface area contributed by atoms with Crippen molar-refractivity contribution in [2.75, 3.05) is 39.9 Å². The minimum Gasteiger partial charge on any atom is -0.486 e. The molecule has 1 fully saturated rings. The number of amides is 1. The molecule has 0 aromatic heterocycles. The maximum atomic E-state index is 12.8. The van der Waals surface area contributed by atoms with Crippen LogP contribution in [-0.4, -0.2) is 50.7 Å². The average molecular weight is 369 g/mol. The molecule has 1 atom stereocenters. The fourth-order valence-corrected chi connectivity index (χ4v) is 3.68. The summed E-state index contributed by atoms with van der Waals surface area (Å²) in [6, 6.07) is 3.63. The summed E-state index contributed by atoms with van der Waals surface area (Å²) in [6.07, 6.45) is 2.24. The molecule has 120 valence electrons. The number of likely N-dealkylation sites (tertiary alicyclic amines) is 1. The second kappa shape index (κ2) is 6.87. The topological polar surface area (TPSA) is 50.8 Å². The number of piperidine rings is 1. The predicted octanol–water partition coefficient (Wildman–Crippen LogP) is 2.29. The van der Waals surface area contributed by atoms with E-state index in [1.807, 2.05) is 18.0 Å². The molecule has 1 unspecified atom stereocenters. The zero-order valence-electron chi connectivity index (χ0n) is 12.7. The lowest BCUT2D eigenvalue weighted by Gasteiger charge is -2.33. The number of carbonyl (C=O) groups excluding carboxylic acids is 1. The number of rotatable bonds is 3. The number of hydrogen-bond acceptors (Lipinski definition) is 4. The van der Waals surface area contributed by atoms with Gasteiger partial charge in [0.15, 0.2) is 11.5 Å². The molecule has 2 aliphatic rings. The lowest BCUT2D eigenvalue weighted by atomic mass is 9.97. The molecular formula is C16H21BrN2O3. The van der Waals surface area contributed by atoms with Gasteiger partial charge in [0.05, 0.1) is 4.47 Å². The van der Waals surface area contributed by atoms with Crippen LogP contribution in [0.1, 0.15) is 23.2 Å². The van der Waals surface area contributed by atoms with E-state index in [4.69, 9.17) is 9.47 Å². The Kier molecular flexibility index (Phi) is 4.88. The van der Waals surface area contributed by atoms with Crippen LogP contribution < -0.4 is 14.8 Å². The molecule has 0 saturated carbocycles. The standard InChI is InChI=1S/C16H21BrN2O3/c1-18-9-11-3-2-4-19(10-11)16(20)12-7-13(17)15-14(8-12)21-5-6-22-15/h7-8,11,18H,2-6,9-10H2,1H3. The van der Waals surface area contributed by atoms with Crippen molar-refractivity contribution in [3.8, 4) is 11.5 Å². The molecule has 1 aromatic carbocycles. The van der Waals surface area contributed by atoms with Gasteiger partial charge >= 0.3 is 0 Å². The van der Waals surface area contributed by atoms with Gasteiger partial charge in [-0.15, -0.1) is 0 Å². The molecule has 1 amide bonds. The lowest BCUT2D eigenvalue weighted by molar-refractivity contribution is 0.0673. The smallest absolute Gasteiger partial charge is 0.254 e. The molecule has 1 saturated heterocycles. The highest BCUT2D eigenvalue weighted by Crippen LogP contribution is 2.39. The Labute approximate surface area is 139 Å². The first-order chi connectivity index (χ1) is 10.7. The van der Waals surface area contributed by atoms with Crippen LogP contribution in [0.25, 0.3) is 0 Å². The number of ether oxygens (including phenoxy) is 2. The Morgan fingerprint density at radius 3 is 3.05 bits per heavy atom. The monoisotopic (exact) mass is 368 g/mol. The van der Waals surface area contributed by atoms with Crippen molar-refractivity contribution >= 4 is 21.8 Å². The van der Waals surface area contributed by atoms with E-state index < -0.39 is 0 Å². The van der Waals surface area contributed by atoms with Gasteiger partial charge in [-0.2, -0.15) is 0 Å². The summed E-state index contributed by atoms with van der Waals surface area (Å²) < 4.78 is 12.0. The molecule has 3 rings (SSSR count). The van der Waals surface area contributed by atoms with Crippen molar-refractivity contribution in [3.05, 3.63) is 22.2 Å². The van der Waals surface area contributed by atoms with E-state index in [0.717, 1.165) is 30.5 Å². The van der Waals surface area contributed by atoms with Crippen molar-refractivity contribution in [1.82, 2.24) is 10.2 Å². The molecular weight excluding hydrogens is 348 g/mol. The second-order valence-electron chi connectivity index (χ2n) is 5.80. The molecule has 1 N–H and O–H groups in total. The Bertz CT molecular complexity index is 563. The number of carbonyl (C=O) groups is 1. The lowest BCUT2D eigenvalue weighted by Crippen LogP contribution is -2.42. The third-order valence-electron chi connectivity index (χ3n) is 4.14. The summed E-state index contributed by atoms with van der Waals surface area (Å²) in [4.78, 5) is 14.7. The second-order valence-corrected chi connectivity index (χ2v) is 6.65. The summed E-state index contributed by atoms with van der Waals surface area (Å²) in [5, 5.41) is 3.20. The zero-order valence-corrected chi connectivity index (χ0v) is 14.3. The van der Waals surface area contributed by atoms with Gasteiger partial charge in [-0.1, -0.05) is 0 Å². The normalized spacial score (nSPS) is 20.8. The van der Waals surface area contributed by atoms with Gasteiger partial charge in [0.1, 0.15) is 13.2 Å². The van der Waals surface area contributed by atoms with E-state index in [1.165, 1.54) is 6.42 Å². The minimum absolute atomic E-state index is 0.0680. The minimum atomic E-state index is 0.0680. The first-order valence-electron chi connectivity index (χ1n) is 7.72. The summed E-state index contributed by atoms with van der Waals surface area (Å²) in [7, 11) is 1.96. The Morgan fingerprint density at radius 1 is 1.41 bits per heavy atom. The molecule has 0 radical (unpaired) electrons. The van der Waals surface area contributed by atoms with E-state index >= 15 is 0 Å². The van der Waals surface area contributed by atoms with Gasteiger partial charge < -0.3 is 19.7 Å². The van der Waals surface area contributed by atoms with Crippen molar-refractivity contribution < 1.29 is 14.3 Å². The summed E-state index contributed by atoms with van der Waals surface area (Å²) in [5.74, 6) is 1.93. The number of hydrogen-bond donors (Lipinski definition) is 1. The third-order valence-corrected chi connectivity index (χ3v) is 4.73. The number of fused-ring (bicyclic) bond motifs is 1. The largest absolute Gasteiger partial charge is 0.486 e. The summed E-state index contributed by atoms with van der Waals surface area (Å²) in [5.41, 5.74) is 0.654. The Hall–Kier alpha value is -1.27. The fraction of sp³-hybridized carbons (Fsp3) is 0.562. The summed E-state index contributed by atoms with van der Waals surface area (Å²) in [6.45, 7) is 3.65. The molecule has 2 aliphatic heterocycles. The number of benzene rings is 1. The molecule has 0 bridgehead atoms. The first-order valence-corrected chi connectivity index (χ1v) is 8.51. The molecule has 6 heteroatoms. The molecule has 2 heterocycles. The van der Waals surface area contributed by atoms with Gasteiger partial charge in [-0.05, 0) is 60.4 Å². The van der Waals surface area contributed by atoms with Crippen molar-refractivity contribution in [1.29, 1.82) is 0 Å². The average Bonchev–Trinajstić information content (AvgIpc) is 2.55. The van der Waals surface area contributed by atoms with Crippen LogP contribution in [-0.2, 0) is 0 Å².